The van der Waals surface area contributed by atoms with Crippen LogP contribution in [0.3, 0.4) is 0 Å². The number of carbonyl (C=O) groups is 2. The summed E-state index contributed by atoms with van der Waals surface area (Å²) in [6.45, 7) is 1.96. The maximum absolute atomic E-state index is 12.7. The van der Waals surface area contributed by atoms with Crippen molar-refractivity contribution in [2.45, 2.75) is 57.5 Å². The maximum Gasteiger partial charge on any atom is 0.309 e. The number of ether oxygens (including phenoxy) is 1. The molecule has 1 aromatic carbocycles. The average Bonchev–Trinajstić information content (AvgIpc) is 3.18. The molecule has 3 aliphatic rings. The van der Waals surface area contributed by atoms with Crippen molar-refractivity contribution in [2.24, 2.45) is 11.8 Å². The van der Waals surface area contributed by atoms with Crippen LogP contribution in [0.2, 0.25) is 0 Å². The lowest BCUT2D eigenvalue weighted by molar-refractivity contribution is -0.145. The predicted octanol–water partition coefficient (Wildman–Crippen LogP) is 2.84. The van der Waals surface area contributed by atoms with Gasteiger partial charge in [-0.3, -0.25) is 9.59 Å². The van der Waals surface area contributed by atoms with E-state index in [2.05, 4.69) is 18.2 Å². The van der Waals surface area contributed by atoms with E-state index in [1.54, 1.807) is 0 Å². The van der Waals surface area contributed by atoms with Crippen LogP contribution in [-0.4, -0.2) is 47.7 Å². The third kappa shape index (κ3) is 4.03. The van der Waals surface area contributed by atoms with Gasteiger partial charge in [0.25, 0.3) is 0 Å². The van der Waals surface area contributed by atoms with Crippen LogP contribution in [0.25, 0.3) is 0 Å². The van der Waals surface area contributed by atoms with E-state index in [1.807, 2.05) is 4.90 Å². The number of carboxylic acids is 1. The Balaban J connectivity index is 1.32. The van der Waals surface area contributed by atoms with Crippen LogP contribution < -0.4 is 0 Å². The number of fused-ring (bicyclic) bond motifs is 1. The van der Waals surface area contributed by atoms with Crippen molar-refractivity contribution >= 4 is 11.9 Å². The maximum atomic E-state index is 12.7. The van der Waals surface area contributed by atoms with E-state index < -0.39 is 5.97 Å². The third-order valence-corrected chi connectivity index (χ3v) is 6.58. The summed E-state index contributed by atoms with van der Waals surface area (Å²) in [6.07, 6.45) is 7.39. The van der Waals surface area contributed by atoms with E-state index in [0.717, 1.165) is 31.2 Å². The fourth-order valence-electron chi connectivity index (χ4n) is 5.00. The fraction of sp³-hybridized carbons (Fsp3) is 0.636. The number of rotatable bonds is 4. The second-order valence-corrected chi connectivity index (χ2v) is 8.27. The lowest BCUT2D eigenvalue weighted by atomic mass is 9.84. The molecule has 1 unspecified atom stereocenters. The van der Waals surface area contributed by atoms with Gasteiger partial charge in [0.15, 0.2) is 0 Å². The summed E-state index contributed by atoms with van der Waals surface area (Å²) < 4.78 is 5.73. The minimum absolute atomic E-state index is 0.180. The Hall–Kier alpha value is -1.88. The van der Waals surface area contributed by atoms with E-state index in [-0.39, 0.29) is 23.8 Å². The van der Waals surface area contributed by atoms with Gasteiger partial charge in [-0.05, 0) is 67.6 Å². The normalized spacial score (nSPS) is 26.0. The van der Waals surface area contributed by atoms with Gasteiger partial charge in [0.2, 0.25) is 5.91 Å². The van der Waals surface area contributed by atoms with Crippen molar-refractivity contribution in [2.75, 3.05) is 19.7 Å². The predicted molar refractivity (Wildman–Crippen MR) is 102 cm³/mol. The molecular weight excluding hydrogens is 342 g/mol. The molecule has 0 saturated carbocycles. The molecule has 0 bridgehead atoms. The van der Waals surface area contributed by atoms with Gasteiger partial charge in [0.05, 0.1) is 18.4 Å². The number of aryl methyl sites for hydroxylation is 2. The van der Waals surface area contributed by atoms with Gasteiger partial charge in [-0.25, -0.2) is 0 Å². The van der Waals surface area contributed by atoms with Gasteiger partial charge in [-0.2, -0.15) is 0 Å². The SMILES string of the molecule is O=C(O)C1CCO[C@H]1C1CCN(C(=O)Cc2ccc3c(c2)CCCC3)CC1. The van der Waals surface area contributed by atoms with Crippen molar-refractivity contribution < 1.29 is 19.4 Å². The summed E-state index contributed by atoms with van der Waals surface area (Å²) in [6, 6.07) is 6.54. The molecule has 2 atom stereocenters. The third-order valence-electron chi connectivity index (χ3n) is 6.58. The Labute approximate surface area is 160 Å². The highest BCUT2D eigenvalue weighted by molar-refractivity contribution is 5.79. The van der Waals surface area contributed by atoms with Gasteiger partial charge in [-0.15, -0.1) is 0 Å². The number of hydrogen-bond donors (Lipinski definition) is 1. The Morgan fingerprint density at radius 1 is 1.07 bits per heavy atom. The van der Waals surface area contributed by atoms with Gasteiger partial charge >= 0.3 is 5.97 Å². The molecule has 1 N–H and O–H groups in total. The summed E-state index contributed by atoms with van der Waals surface area (Å²) in [7, 11) is 0. The Morgan fingerprint density at radius 2 is 1.81 bits per heavy atom. The summed E-state index contributed by atoms with van der Waals surface area (Å²) in [5.41, 5.74) is 3.99. The molecule has 5 nitrogen and oxygen atoms in total. The molecule has 0 radical (unpaired) electrons. The second-order valence-electron chi connectivity index (χ2n) is 8.27. The summed E-state index contributed by atoms with van der Waals surface area (Å²) in [5.74, 6) is -0.691. The second kappa shape index (κ2) is 8.01. The molecule has 0 spiro atoms. The van der Waals surface area contributed by atoms with Crippen molar-refractivity contribution in [3.05, 3.63) is 34.9 Å². The first-order valence-electron chi connectivity index (χ1n) is 10.3. The minimum atomic E-state index is -0.747. The molecule has 0 aromatic heterocycles. The fourth-order valence-corrected chi connectivity index (χ4v) is 5.00. The number of hydrogen-bond acceptors (Lipinski definition) is 3. The highest BCUT2D eigenvalue weighted by atomic mass is 16.5. The van der Waals surface area contributed by atoms with Crippen LogP contribution in [0.4, 0.5) is 0 Å². The Morgan fingerprint density at radius 3 is 2.56 bits per heavy atom. The first kappa shape index (κ1) is 18.5. The van der Waals surface area contributed by atoms with Crippen LogP contribution in [0.5, 0.6) is 0 Å². The zero-order valence-electron chi connectivity index (χ0n) is 15.9. The molecule has 4 rings (SSSR count). The smallest absolute Gasteiger partial charge is 0.309 e. The monoisotopic (exact) mass is 371 g/mol. The average molecular weight is 371 g/mol. The minimum Gasteiger partial charge on any atom is -0.481 e. The van der Waals surface area contributed by atoms with Crippen LogP contribution >= 0.6 is 0 Å². The number of aliphatic carboxylic acids is 1. The molecule has 1 aliphatic carbocycles. The van der Waals surface area contributed by atoms with Gasteiger partial charge < -0.3 is 14.7 Å². The zero-order chi connectivity index (χ0) is 18.8. The molecule has 1 aromatic rings. The molecule has 27 heavy (non-hydrogen) atoms. The van der Waals surface area contributed by atoms with Crippen molar-refractivity contribution in [3.8, 4) is 0 Å². The van der Waals surface area contributed by atoms with E-state index in [0.29, 0.717) is 32.5 Å². The summed E-state index contributed by atoms with van der Waals surface area (Å²) in [4.78, 5) is 26.1. The van der Waals surface area contributed by atoms with Crippen LogP contribution in [0.1, 0.15) is 48.8 Å². The number of benzene rings is 1. The Kier molecular flexibility index (Phi) is 5.48. The van der Waals surface area contributed by atoms with E-state index in [4.69, 9.17) is 4.74 Å². The highest BCUT2D eigenvalue weighted by Gasteiger charge is 2.40. The van der Waals surface area contributed by atoms with Gasteiger partial charge in [0.1, 0.15) is 0 Å². The van der Waals surface area contributed by atoms with Crippen molar-refractivity contribution in [1.82, 2.24) is 4.90 Å². The quantitative estimate of drug-likeness (QED) is 0.884. The van der Waals surface area contributed by atoms with Crippen LogP contribution in [0, 0.1) is 11.8 Å². The van der Waals surface area contributed by atoms with E-state index in [1.165, 1.54) is 24.0 Å². The standard InChI is InChI=1S/C22H29NO4/c24-20(14-15-5-6-16-3-1-2-4-18(16)13-15)23-10-7-17(8-11-23)21-19(22(25)26)9-12-27-21/h5-6,13,17,19,21H,1-4,7-12,14H2,(H,25,26)/t19?,21-/m0/s1. The van der Waals surface area contributed by atoms with Gasteiger partial charge in [0, 0.05) is 19.7 Å². The number of piperidine rings is 1. The number of nitrogens with zero attached hydrogens (tertiary/aromatic N) is 1. The van der Waals surface area contributed by atoms with Crippen LogP contribution in [0.15, 0.2) is 18.2 Å². The molecule has 2 aliphatic heterocycles. The topological polar surface area (TPSA) is 66.8 Å². The molecule has 2 saturated heterocycles. The lowest BCUT2D eigenvalue weighted by Gasteiger charge is -2.35. The largest absolute Gasteiger partial charge is 0.481 e. The number of carboxylic acid groups (broad SMARTS) is 1. The first-order chi connectivity index (χ1) is 13.1. The first-order valence-corrected chi connectivity index (χ1v) is 10.3. The molecule has 2 fully saturated rings. The molecule has 146 valence electrons. The molecule has 5 heteroatoms. The van der Waals surface area contributed by atoms with Crippen molar-refractivity contribution in [1.29, 1.82) is 0 Å². The molecular formula is C22H29NO4. The number of amides is 1. The summed E-state index contributed by atoms with van der Waals surface area (Å²) in [5, 5.41) is 9.36. The van der Waals surface area contributed by atoms with E-state index >= 15 is 0 Å². The van der Waals surface area contributed by atoms with Crippen molar-refractivity contribution in [3.63, 3.8) is 0 Å². The molecule has 2 heterocycles. The highest BCUT2D eigenvalue weighted by Crippen LogP contribution is 2.33. The molecule has 1 amide bonds. The summed E-state index contributed by atoms with van der Waals surface area (Å²) >= 11 is 0. The Bertz CT molecular complexity index is 708. The van der Waals surface area contributed by atoms with Gasteiger partial charge in [-0.1, -0.05) is 18.2 Å². The number of likely N-dealkylation sites (tertiary alicyclic amines) is 1. The zero-order valence-corrected chi connectivity index (χ0v) is 15.9. The lowest BCUT2D eigenvalue weighted by Crippen LogP contribution is -2.43. The van der Waals surface area contributed by atoms with E-state index in [9.17, 15) is 14.7 Å². The number of carbonyl (C=O) groups excluding carboxylic acids is 1. The van der Waals surface area contributed by atoms with Crippen LogP contribution in [-0.2, 0) is 33.6 Å².